The molecular weight excluding hydrogens is 528 g/mol. The van der Waals surface area contributed by atoms with Crippen LogP contribution in [0.4, 0.5) is 29.2 Å². The van der Waals surface area contributed by atoms with Crippen LogP contribution >= 0.6 is 11.6 Å². The molecule has 2 fully saturated rings. The monoisotopic (exact) mass is 560 g/mol. The molecule has 1 aliphatic heterocycles. The smallest absolute Gasteiger partial charge is 0.381 e. The fraction of sp³-hybridized carbons (Fsp3) is 0.600. The number of pyridine rings is 2. The number of anilines is 2. The SMILES string of the molecule is NC1(CNc2nc(-c3cc(NC4CCC(NCCOC(F)(F)F)CC4)ncc3Cl)ccc2F)CCOCC1. The van der Waals surface area contributed by atoms with Crippen molar-refractivity contribution < 1.29 is 27.0 Å². The Labute approximate surface area is 224 Å². The molecule has 0 unspecified atom stereocenters. The molecule has 2 aliphatic rings. The molecular formula is C25H33ClF4N6O2. The van der Waals surface area contributed by atoms with Crippen molar-refractivity contribution in [1.29, 1.82) is 0 Å². The summed E-state index contributed by atoms with van der Waals surface area (Å²) in [7, 11) is 0. The lowest BCUT2D eigenvalue weighted by Crippen LogP contribution is -2.50. The first-order chi connectivity index (χ1) is 18.1. The zero-order chi connectivity index (χ0) is 27.2. The Morgan fingerprint density at radius 3 is 2.55 bits per heavy atom. The first-order valence-corrected chi connectivity index (χ1v) is 13.1. The molecule has 1 saturated heterocycles. The Balaban J connectivity index is 1.33. The molecule has 0 amide bonds. The minimum absolute atomic E-state index is 0.104. The van der Waals surface area contributed by atoms with Crippen molar-refractivity contribution >= 4 is 23.2 Å². The van der Waals surface area contributed by atoms with Crippen LogP contribution in [0, 0.1) is 5.82 Å². The molecule has 0 atom stereocenters. The predicted octanol–water partition coefficient (Wildman–Crippen LogP) is 4.71. The van der Waals surface area contributed by atoms with Gasteiger partial charge in [-0.05, 0) is 56.7 Å². The third kappa shape index (κ3) is 8.37. The van der Waals surface area contributed by atoms with Crippen LogP contribution in [0.25, 0.3) is 11.3 Å². The molecule has 4 rings (SSSR count). The van der Waals surface area contributed by atoms with Gasteiger partial charge in [0, 0.05) is 55.7 Å². The van der Waals surface area contributed by atoms with Crippen molar-refractivity contribution in [1.82, 2.24) is 15.3 Å². The zero-order valence-corrected chi connectivity index (χ0v) is 21.7. The van der Waals surface area contributed by atoms with Crippen LogP contribution < -0.4 is 21.7 Å². The van der Waals surface area contributed by atoms with Gasteiger partial charge in [0.1, 0.15) is 5.82 Å². The van der Waals surface area contributed by atoms with E-state index in [2.05, 4.69) is 30.7 Å². The summed E-state index contributed by atoms with van der Waals surface area (Å²) in [5, 5.41) is 9.96. The maximum atomic E-state index is 14.5. The Kier molecular flexibility index (Phi) is 9.64. The van der Waals surface area contributed by atoms with Gasteiger partial charge in [0.15, 0.2) is 11.6 Å². The van der Waals surface area contributed by atoms with Crippen LogP contribution in [0.2, 0.25) is 5.02 Å². The summed E-state index contributed by atoms with van der Waals surface area (Å²) in [5.41, 5.74) is 7.03. The first kappa shape index (κ1) is 28.8. The van der Waals surface area contributed by atoms with E-state index in [1.54, 1.807) is 12.1 Å². The number of nitrogens with one attached hydrogen (secondary N) is 3. The van der Waals surface area contributed by atoms with E-state index in [9.17, 15) is 17.6 Å². The average molecular weight is 561 g/mol. The maximum absolute atomic E-state index is 14.5. The third-order valence-electron chi connectivity index (χ3n) is 6.95. The van der Waals surface area contributed by atoms with Gasteiger partial charge >= 0.3 is 6.36 Å². The molecule has 0 spiro atoms. The summed E-state index contributed by atoms with van der Waals surface area (Å²) in [5.74, 6) is 0.235. The number of ether oxygens (including phenoxy) is 2. The molecule has 3 heterocycles. The van der Waals surface area contributed by atoms with Crippen molar-refractivity contribution in [3.05, 3.63) is 35.2 Å². The predicted molar refractivity (Wildman–Crippen MR) is 138 cm³/mol. The molecule has 0 aromatic carbocycles. The van der Waals surface area contributed by atoms with Crippen LogP contribution in [0.3, 0.4) is 0 Å². The normalized spacial score (nSPS) is 21.7. The van der Waals surface area contributed by atoms with Crippen LogP contribution in [0.1, 0.15) is 38.5 Å². The van der Waals surface area contributed by atoms with E-state index in [1.807, 2.05) is 0 Å². The van der Waals surface area contributed by atoms with Gasteiger partial charge in [-0.15, -0.1) is 13.2 Å². The zero-order valence-electron chi connectivity index (χ0n) is 20.9. The van der Waals surface area contributed by atoms with Crippen molar-refractivity contribution in [2.24, 2.45) is 5.73 Å². The lowest BCUT2D eigenvalue weighted by atomic mass is 9.91. The van der Waals surface area contributed by atoms with Gasteiger partial charge in [0.2, 0.25) is 0 Å². The molecule has 0 bridgehead atoms. The Hall–Kier alpha value is -2.25. The summed E-state index contributed by atoms with van der Waals surface area (Å²) in [6.45, 7) is 1.26. The highest BCUT2D eigenvalue weighted by molar-refractivity contribution is 6.33. The van der Waals surface area contributed by atoms with Crippen molar-refractivity contribution in [2.45, 2.75) is 62.5 Å². The minimum Gasteiger partial charge on any atom is -0.381 e. The van der Waals surface area contributed by atoms with Gasteiger partial charge in [-0.2, -0.15) is 0 Å². The Morgan fingerprint density at radius 2 is 1.84 bits per heavy atom. The molecule has 210 valence electrons. The van der Waals surface area contributed by atoms with Crippen molar-refractivity contribution in [2.75, 3.05) is 43.5 Å². The van der Waals surface area contributed by atoms with Crippen LogP contribution in [-0.4, -0.2) is 66.9 Å². The molecule has 5 N–H and O–H groups in total. The van der Waals surface area contributed by atoms with E-state index in [0.29, 0.717) is 54.7 Å². The highest BCUT2D eigenvalue weighted by Crippen LogP contribution is 2.31. The van der Waals surface area contributed by atoms with Gasteiger partial charge in [-0.1, -0.05) is 11.6 Å². The van der Waals surface area contributed by atoms with Gasteiger partial charge in [-0.3, -0.25) is 4.74 Å². The number of hydrogen-bond donors (Lipinski definition) is 4. The van der Waals surface area contributed by atoms with E-state index >= 15 is 0 Å². The van der Waals surface area contributed by atoms with Gasteiger partial charge < -0.3 is 26.4 Å². The standard InChI is InChI=1S/C25H33ClF4N6O2/c26-19-14-33-22(35-17-3-1-16(2-4-17)32-9-12-38-25(28,29)30)13-18(19)21-6-5-20(27)23(36-21)34-15-24(31)7-10-37-11-8-24/h5-6,13-14,16-17,32H,1-4,7-12,15,31H2,(H,33,35)(H,34,36). The number of hydrogen-bond acceptors (Lipinski definition) is 8. The Morgan fingerprint density at radius 1 is 1.13 bits per heavy atom. The highest BCUT2D eigenvalue weighted by Gasteiger charge is 2.29. The number of nitrogens with two attached hydrogens (primary N) is 1. The summed E-state index contributed by atoms with van der Waals surface area (Å²) >= 11 is 6.43. The van der Waals surface area contributed by atoms with Gasteiger partial charge in [0.05, 0.1) is 17.3 Å². The number of aromatic nitrogens is 2. The maximum Gasteiger partial charge on any atom is 0.522 e. The second-order valence-electron chi connectivity index (χ2n) is 9.85. The second-order valence-corrected chi connectivity index (χ2v) is 10.3. The highest BCUT2D eigenvalue weighted by atomic mass is 35.5. The molecule has 0 radical (unpaired) electrons. The number of halogens is 5. The molecule has 1 saturated carbocycles. The average Bonchev–Trinajstić information content (AvgIpc) is 2.88. The largest absolute Gasteiger partial charge is 0.522 e. The fourth-order valence-electron chi connectivity index (χ4n) is 4.73. The summed E-state index contributed by atoms with van der Waals surface area (Å²) in [4.78, 5) is 8.85. The number of rotatable bonds is 10. The van der Waals surface area contributed by atoms with Crippen LogP contribution in [0.5, 0.6) is 0 Å². The fourth-order valence-corrected chi connectivity index (χ4v) is 4.93. The van der Waals surface area contributed by atoms with Gasteiger partial charge in [0.25, 0.3) is 0 Å². The Bertz CT molecular complexity index is 1060. The van der Waals surface area contributed by atoms with E-state index < -0.39 is 24.3 Å². The second kappa shape index (κ2) is 12.7. The molecule has 1 aliphatic carbocycles. The van der Waals surface area contributed by atoms with Gasteiger partial charge in [-0.25, -0.2) is 14.4 Å². The summed E-state index contributed by atoms with van der Waals surface area (Å²) in [6, 6.07) is 4.99. The van der Waals surface area contributed by atoms with Crippen LogP contribution in [-0.2, 0) is 9.47 Å². The van der Waals surface area contributed by atoms with Crippen LogP contribution in [0.15, 0.2) is 24.4 Å². The summed E-state index contributed by atoms with van der Waals surface area (Å²) in [6.07, 6.45) is 1.56. The van der Waals surface area contributed by atoms with Crippen molar-refractivity contribution in [3.63, 3.8) is 0 Å². The molecule has 13 heteroatoms. The molecule has 8 nitrogen and oxygen atoms in total. The number of alkyl halides is 3. The minimum atomic E-state index is -4.60. The van der Waals surface area contributed by atoms with Crippen molar-refractivity contribution in [3.8, 4) is 11.3 Å². The topological polar surface area (TPSA) is 106 Å². The first-order valence-electron chi connectivity index (χ1n) is 12.7. The molecule has 2 aromatic rings. The molecule has 38 heavy (non-hydrogen) atoms. The quantitative estimate of drug-likeness (QED) is 0.245. The molecule has 2 aromatic heterocycles. The van der Waals surface area contributed by atoms with E-state index in [0.717, 1.165) is 25.7 Å². The van der Waals surface area contributed by atoms with E-state index in [1.165, 1.54) is 12.3 Å². The van der Waals surface area contributed by atoms with E-state index in [4.69, 9.17) is 22.1 Å². The van der Waals surface area contributed by atoms with E-state index in [-0.39, 0.29) is 24.4 Å². The third-order valence-corrected chi connectivity index (χ3v) is 7.25. The lowest BCUT2D eigenvalue weighted by Gasteiger charge is -2.33. The lowest BCUT2D eigenvalue weighted by molar-refractivity contribution is -0.323. The number of nitrogens with zero attached hydrogens (tertiary/aromatic N) is 2. The summed E-state index contributed by atoms with van der Waals surface area (Å²) < 4.78 is 60.0.